The molecule has 0 radical (unpaired) electrons. The zero-order valence-electron chi connectivity index (χ0n) is 15.7. The summed E-state index contributed by atoms with van der Waals surface area (Å²) in [4.78, 5) is 12.2. The SMILES string of the molecule is CS(=O)(=O)N(CC(=O)NCCCSCc1ccc(F)cc1)c1ccc(Cl)c(Cl)c1. The molecule has 0 aliphatic carbocycles. The predicted octanol–water partition coefficient (Wildman–Crippen LogP) is 4.34. The number of thioether (sulfide) groups is 1. The van der Waals surface area contributed by atoms with Gasteiger partial charge in [0.1, 0.15) is 12.4 Å². The molecule has 1 amide bonds. The van der Waals surface area contributed by atoms with Crippen LogP contribution in [-0.4, -0.2) is 39.4 Å². The van der Waals surface area contributed by atoms with Crippen molar-refractivity contribution in [1.82, 2.24) is 5.32 Å². The normalized spacial score (nSPS) is 11.3. The van der Waals surface area contributed by atoms with Crippen molar-refractivity contribution >= 4 is 56.6 Å². The quantitative estimate of drug-likeness (QED) is 0.515. The number of anilines is 1. The van der Waals surface area contributed by atoms with Crippen LogP contribution in [0.5, 0.6) is 0 Å². The van der Waals surface area contributed by atoms with Gasteiger partial charge >= 0.3 is 0 Å². The Kier molecular flexibility index (Phi) is 9.07. The number of nitrogens with one attached hydrogen (secondary N) is 1. The second-order valence-electron chi connectivity index (χ2n) is 6.25. The molecule has 29 heavy (non-hydrogen) atoms. The van der Waals surface area contributed by atoms with Crippen LogP contribution in [0.1, 0.15) is 12.0 Å². The summed E-state index contributed by atoms with van der Waals surface area (Å²) in [6, 6.07) is 10.7. The molecule has 0 spiro atoms. The number of rotatable bonds is 10. The maximum absolute atomic E-state index is 12.9. The van der Waals surface area contributed by atoms with Crippen molar-refractivity contribution in [3.05, 3.63) is 63.9 Å². The van der Waals surface area contributed by atoms with Crippen LogP contribution in [0.15, 0.2) is 42.5 Å². The second kappa shape index (κ2) is 11.1. The van der Waals surface area contributed by atoms with Gasteiger partial charge in [0.15, 0.2) is 0 Å². The Bertz CT molecular complexity index is 941. The molecular formula is C19H21Cl2FN2O3S2. The van der Waals surface area contributed by atoms with Crippen molar-refractivity contribution in [1.29, 1.82) is 0 Å². The number of hydrogen-bond acceptors (Lipinski definition) is 4. The molecule has 0 unspecified atom stereocenters. The van der Waals surface area contributed by atoms with Crippen molar-refractivity contribution in [3.63, 3.8) is 0 Å². The molecule has 0 heterocycles. The number of halogens is 3. The summed E-state index contributed by atoms with van der Waals surface area (Å²) < 4.78 is 38.0. The Morgan fingerprint density at radius 2 is 1.83 bits per heavy atom. The summed E-state index contributed by atoms with van der Waals surface area (Å²) in [5, 5.41) is 3.22. The van der Waals surface area contributed by atoms with Gasteiger partial charge in [-0.05, 0) is 48.1 Å². The maximum Gasteiger partial charge on any atom is 0.240 e. The fourth-order valence-corrected chi connectivity index (χ4v) is 4.46. The van der Waals surface area contributed by atoms with E-state index in [0.717, 1.165) is 34.1 Å². The minimum atomic E-state index is -3.68. The zero-order chi connectivity index (χ0) is 21.4. The highest BCUT2D eigenvalue weighted by atomic mass is 35.5. The van der Waals surface area contributed by atoms with Crippen molar-refractivity contribution in [3.8, 4) is 0 Å². The zero-order valence-corrected chi connectivity index (χ0v) is 18.8. The fraction of sp³-hybridized carbons (Fsp3) is 0.316. The minimum absolute atomic E-state index is 0.205. The van der Waals surface area contributed by atoms with Gasteiger partial charge in [-0.15, -0.1) is 0 Å². The van der Waals surface area contributed by atoms with E-state index in [-0.39, 0.29) is 23.1 Å². The number of nitrogens with zero attached hydrogens (tertiary/aromatic N) is 1. The lowest BCUT2D eigenvalue weighted by Gasteiger charge is -2.22. The fourth-order valence-electron chi connectivity index (χ4n) is 2.40. The van der Waals surface area contributed by atoms with Gasteiger partial charge in [0.2, 0.25) is 15.9 Å². The van der Waals surface area contributed by atoms with Crippen LogP contribution >= 0.6 is 35.0 Å². The summed E-state index contributed by atoms with van der Waals surface area (Å²) in [6.45, 7) is 0.0771. The van der Waals surface area contributed by atoms with E-state index < -0.39 is 15.9 Å². The molecule has 0 aromatic heterocycles. The Labute approximate surface area is 184 Å². The summed E-state index contributed by atoms with van der Waals surface area (Å²) in [7, 11) is -3.68. The smallest absolute Gasteiger partial charge is 0.240 e. The number of hydrogen-bond donors (Lipinski definition) is 1. The molecule has 0 aliphatic heterocycles. The van der Waals surface area contributed by atoms with Gasteiger partial charge in [0.05, 0.1) is 22.0 Å². The van der Waals surface area contributed by atoms with E-state index >= 15 is 0 Å². The second-order valence-corrected chi connectivity index (χ2v) is 10.1. The molecule has 0 bridgehead atoms. The Morgan fingerprint density at radius 1 is 1.14 bits per heavy atom. The van der Waals surface area contributed by atoms with Crippen molar-refractivity contribution in [2.24, 2.45) is 0 Å². The number of amides is 1. The third-order valence-electron chi connectivity index (χ3n) is 3.85. The van der Waals surface area contributed by atoms with E-state index in [1.54, 1.807) is 23.9 Å². The summed E-state index contributed by atoms with van der Waals surface area (Å²) >= 11 is 13.5. The first-order chi connectivity index (χ1) is 13.7. The number of sulfonamides is 1. The van der Waals surface area contributed by atoms with Crippen LogP contribution in [0.25, 0.3) is 0 Å². The third kappa shape index (κ3) is 8.04. The lowest BCUT2D eigenvalue weighted by atomic mass is 10.2. The maximum atomic E-state index is 12.9. The molecule has 0 atom stereocenters. The predicted molar refractivity (Wildman–Crippen MR) is 119 cm³/mol. The summed E-state index contributed by atoms with van der Waals surface area (Å²) in [5.41, 5.74) is 1.30. The van der Waals surface area contributed by atoms with Crippen LogP contribution in [0.3, 0.4) is 0 Å². The Balaban J connectivity index is 1.78. The van der Waals surface area contributed by atoms with Gasteiger partial charge in [0.25, 0.3) is 0 Å². The Hall–Kier alpha value is -1.48. The first-order valence-electron chi connectivity index (χ1n) is 8.68. The molecule has 5 nitrogen and oxygen atoms in total. The van der Waals surface area contributed by atoms with Crippen LogP contribution in [0.2, 0.25) is 10.0 Å². The van der Waals surface area contributed by atoms with Gasteiger partial charge in [-0.25, -0.2) is 12.8 Å². The molecule has 2 aromatic carbocycles. The summed E-state index contributed by atoms with van der Waals surface area (Å²) in [5.74, 6) is 0.892. The summed E-state index contributed by atoms with van der Waals surface area (Å²) in [6.07, 6.45) is 1.75. The molecule has 2 aromatic rings. The van der Waals surface area contributed by atoms with E-state index in [1.807, 2.05) is 0 Å². The van der Waals surface area contributed by atoms with Gasteiger partial charge in [-0.2, -0.15) is 11.8 Å². The highest BCUT2D eigenvalue weighted by Gasteiger charge is 2.21. The van der Waals surface area contributed by atoms with E-state index in [2.05, 4.69) is 5.32 Å². The molecule has 0 saturated heterocycles. The van der Waals surface area contributed by atoms with Gasteiger partial charge in [-0.1, -0.05) is 35.3 Å². The topological polar surface area (TPSA) is 66.5 Å². The first-order valence-corrected chi connectivity index (χ1v) is 12.4. The van der Waals surface area contributed by atoms with Crippen molar-refractivity contribution in [2.45, 2.75) is 12.2 Å². The standard InChI is InChI=1S/C19H21Cl2FN2O3S2/c1-29(26,27)24(16-7-8-17(20)18(21)11-16)12-19(25)23-9-2-10-28-13-14-3-5-15(22)6-4-14/h3-8,11H,2,9-10,12-13H2,1H3,(H,23,25). The lowest BCUT2D eigenvalue weighted by molar-refractivity contribution is -0.119. The monoisotopic (exact) mass is 478 g/mol. The third-order valence-corrected chi connectivity index (χ3v) is 6.84. The molecule has 2 rings (SSSR count). The minimum Gasteiger partial charge on any atom is -0.354 e. The largest absolute Gasteiger partial charge is 0.354 e. The lowest BCUT2D eigenvalue weighted by Crippen LogP contribution is -2.40. The number of benzene rings is 2. The highest BCUT2D eigenvalue weighted by Crippen LogP contribution is 2.28. The van der Waals surface area contributed by atoms with Crippen LogP contribution < -0.4 is 9.62 Å². The Morgan fingerprint density at radius 3 is 2.45 bits per heavy atom. The molecule has 0 aliphatic rings. The van der Waals surface area contributed by atoms with Crippen LogP contribution in [0.4, 0.5) is 10.1 Å². The molecule has 10 heteroatoms. The van der Waals surface area contributed by atoms with Gasteiger partial charge < -0.3 is 5.32 Å². The van der Waals surface area contributed by atoms with E-state index in [9.17, 15) is 17.6 Å². The first kappa shape index (κ1) is 23.8. The van der Waals surface area contributed by atoms with Crippen molar-refractivity contribution in [2.75, 3.05) is 29.4 Å². The van der Waals surface area contributed by atoms with Gasteiger partial charge in [-0.3, -0.25) is 9.10 Å². The van der Waals surface area contributed by atoms with Crippen LogP contribution in [0, 0.1) is 5.82 Å². The molecular weight excluding hydrogens is 458 g/mol. The van der Waals surface area contributed by atoms with E-state index in [1.165, 1.54) is 30.3 Å². The molecule has 0 fully saturated rings. The number of carbonyl (C=O) groups is 1. The van der Waals surface area contributed by atoms with Gasteiger partial charge in [0, 0.05) is 12.3 Å². The highest BCUT2D eigenvalue weighted by molar-refractivity contribution is 7.98. The molecule has 0 saturated carbocycles. The number of carbonyl (C=O) groups excluding carboxylic acids is 1. The average Bonchev–Trinajstić information content (AvgIpc) is 2.65. The average molecular weight is 479 g/mol. The molecule has 1 N–H and O–H groups in total. The van der Waals surface area contributed by atoms with E-state index in [0.29, 0.717) is 11.6 Å². The van der Waals surface area contributed by atoms with E-state index in [4.69, 9.17) is 23.2 Å². The molecule has 158 valence electrons. The van der Waals surface area contributed by atoms with Crippen molar-refractivity contribution < 1.29 is 17.6 Å². The van der Waals surface area contributed by atoms with Crippen LogP contribution in [-0.2, 0) is 20.6 Å².